The fraction of sp³-hybridized carbons (Fsp3) is 0.533. The van der Waals surface area contributed by atoms with Crippen molar-refractivity contribution in [3.63, 3.8) is 0 Å². The molecule has 1 N–H and O–H groups in total. The predicted molar refractivity (Wildman–Crippen MR) is 73.2 cm³/mol. The molecule has 0 bridgehead atoms. The van der Waals surface area contributed by atoms with E-state index in [4.69, 9.17) is 4.74 Å². The van der Waals surface area contributed by atoms with Gasteiger partial charge < -0.3 is 10.1 Å². The molecule has 0 atom stereocenters. The van der Waals surface area contributed by atoms with Crippen LogP contribution in [0.1, 0.15) is 39.2 Å². The highest BCUT2D eigenvalue weighted by Gasteiger charge is 2.08. The molecule has 0 radical (unpaired) electrons. The van der Waals surface area contributed by atoms with Gasteiger partial charge in [0.25, 0.3) is 0 Å². The Morgan fingerprint density at radius 1 is 1.22 bits per heavy atom. The molecule has 0 saturated heterocycles. The average molecular weight is 249 g/mol. The van der Waals surface area contributed by atoms with Crippen molar-refractivity contribution in [2.24, 2.45) is 0 Å². The van der Waals surface area contributed by atoms with Crippen molar-refractivity contribution in [1.29, 1.82) is 0 Å². The van der Waals surface area contributed by atoms with Crippen molar-refractivity contribution < 1.29 is 9.53 Å². The third-order valence-electron chi connectivity index (χ3n) is 2.46. The van der Waals surface area contributed by atoms with Crippen LogP contribution in [0.2, 0.25) is 0 Å². The van der Waals surface area contributed by atoms with Crippen LogP contribution in [0.25, 0.3) is 0 Å². The highest BCUT2D eigenvalue weighted by molar-refractivity contribution is 5.69. The number of hydrogen-bond acceptors (Lipinski definition) is 3. The van der Waals surface area contributed by atoms with Crippen molar-refractivity contribution in [2.75, 3.05) is 6.54 Å². The van der Waals surface area contributed by atoms with E-state index in [1.807, 2.05) is 30.3 Å². The van der Waals surface area contributed by atoms with Gasteiger partial charge in [0.15, 0.2) is 0 Å². The largest absolute Gasteiger partial charge is 0.461 e. The van der Waals surface area contributed by atoms with Crippen molar-refractivity contribution in [2.45, 2.75) is 45.8 Å². The maximum Gasteiger partial charge on any atom is 0.306 e. The zero-order valence-electron chi connectivity index (χ0n) is 11.5. The van der Waals surface area contributed by atoms with Gasteiger partial charge in [-0.05, 0) is 39.3 Å². The first-order chi connectivity index (χ1) is 8.47. The second kappa shape index (κ2) is 7.17. The lowest BCUT2D eigenvalue weighted by Gasteiger charge is -2.20. The number of carbonyl (C=O) groups is 1. The first-order valence-corrected chi connectivity index (χ1v) is 6.42. The zero-order chi connectivity index (χ0) is 13.4. The summed E-state index contributed by atoms with van der Waals surface area (Å²) in [6, 6.07) is 9.74. The number of nitrogens with one attached hydrogen (secondary N) is 1. The summed E-state index contributed by atoms with van der Waals surface area (Å²) in [7, 11) is 0. The molecule has 3 nitrogen and oxygen atoms in total. The molecule has 100 valence electrons. The predicted octanol–water partition coefficient (Wildman–Crippen LogP) is 2.90. The highest BCUT2D eigenvalue weighted by atomic mass is 16.5. The van der Waals surface area contributed by atoms with Crippen LogP contribution in [0.15, 0.2) is 30.3 Å². The van der Waals surface area contributed by atoms with Crippen LogP contribution in [-0.2, 0) is 16.1 Å². The Bertz CT molecular complexity index is 355. The summed E-state index contributed by atoms with van der Waals surface area (Å²) in [6.07, 6.45) is 1.28. The van der Waals surface area contributed by atoms with Gasteiger partial charge in [0.05, 0.1) is 0 Å². The molecular formula is C15H23NO2. The molecule has 0 fully saturated rings. The summed E-state index contributed by atoms with van der Waals surface area (Å²) in [6.45, 7) is 7.54. The second-order valence-corrected chi connectivity index (χ2v) is 5.43. The van der Waals surface area contributed by atoms with Gasteiger partial charge in [-0.15, -0.1) is 0 Å². The highest BCUT2D eigenvalue weighted by Crippen LogP contribution is 2.03. The van der Waals surface area contributed by atoms with Gasteiger partial charge in [-0.3, -0.25) is 4.79 Å². The smallest absolute Gasteiger partial charge is 0.306 e. The third kappa shape index (κ3) is 7.07. The molecule has 0 unspecified atom stereocenters. The van der Waals surface area contributed by atoms with Crippen molar-refractivity contribution in [1.82, 2.24) is 5.32 Å². The number of benzene rings is 1. The van der Waals surface area contributed by atoms with Gasteiger partial charge in [0.1, 0.15) is 6.61 Å². The molecule has 0 amide bonds. The fourth-order valence-electron chi connectivity index (χ4n) is 1.51. The maximum atomic E-state index is 11.5. The number of rotatable bonds is 6. The minimum absolute atomic E-state index is 0.105. The molecule has 0 spiro atoms. The van der Waals surface area contributed by atoms with Gasteiger partial charge in [0, 0.05) is 12.0 Å². The van der Waals surface area contributed by atoms with Crippen LogP contribution in [0.4, 0.5) is 0 Å². The Hall–Kier alpha value is -1.35. The molecule has 0 heterocycles. The maximum absolute atomic E-state index is 11.5. The standard InChI is InChI=1S/C15H23NO2/c1-15(2,3)16-11-7-10-14(17)18-12-13-8-5-4-6-9-13/h4-6,8-9,16H,7,10-12H2,1-3H3. The summed E-state index contributed by atoms with van der Waals surface area (Å²) in [4.78, 5) is 11.5. The van der Waals surface area contributed by atoms with E-state index in [-0.39, 0.29) is 11.5 Å². The summed E-state index contributed by atoms with van der Waals surface area (Å²) < 4.78 is 5.19. The van der Waals surface area contributed by atoms with E-state index in [0.717, 1.165) is 18.5 Å². The van der Waals surface area contributed by atoms with Gasteiger partial charge in [-0.25, -0.2) is 0 Å². The summed E-state index contributed by atoms with van der Waals surface area (Å²) in [5.74, 6) is -0.130. The van der Waals surface area contributed by atoms with E-state index in [1.165, 1.54) is 0 Å². The molecule has 0 aliphatic carbocycles. The minimum Gasteiger partial charge on any atom is -0.461 e. The van der Waals surface area contributed by atoms with Crippen LogP contribution < -0.4 is 5.32 Å². The van der Waals surface area contributed by atoms with Crippen LogP contribution in [-0.4, -0.2) is 18.1 Å². The van der Waals surface area contributed by atoms with Crippen molar-refractivity contribution in [3.05, 3.63) is 35.9 Å². The molecule has 1 rings (SSSR count). The normalized spacial score (nSPS) is 11.3. The topological polar surface area (TPSA) is 38.3 Å². The Balaban J connectivity index is 2.11. The molecule has 0 saturated carbocycles. The molecule has 0 aliphatic rings. The molecule has 18 heavy (non-hydrogen) atoms. The van der Waals surface area contributed by atoms with E-state index >= 15 is 0 Å². The van der Waals surface area contributed by atoms with Gasteiger partial charge in [-0.1, -0.05) is 30.3 Å². The Kier molecular flexibility index (Phi) is 5.86. The van der Waals surface area contributed by atoms with Gasteiger partial charge in [0.2, 0.25) is 0 Å². The number of esters is 1. The number of hydrogen-bond donors (Lipinski definition) is 1. The quantitative estimate of drug-likeness (QED) is 0.622. The van der Waals surface area contributed by atoms with Crippen molar-refractivity contribution in [3.8, 4) is 0 Å². The van der Waals surface area contributed by atoms with Gasteiger partial charge in [-0.2, -0.15) is 0 Å². The van der Waals surface area contributed by atoms with Crippen LogP contribution in [0.3, 0.4) is 0 Å². The monoisotopic (exact) mass is 249 g/mol. The Labute approximate surface area is 110 Å². The average Bonchev–Trinajstić information content (AvgIpc) is 2.32. The number of carbonyl (C=O) groups excluding carboxylic acids is 1. The lowest BCUT2D eigenvalue weighted by Crippen LogP contribution is -2.36. The molecule has 0 aromatic heterocycles. The van der Waals surface area contributed by atoms with Crippen LogP contribution in [0, 0.1) is 0 Å². The lowest BCUT2D eigenvalue weighted by atomic mass is 10.1. The van der Waals surface area contributed by atoms with E-state index in [2.05, 4.69) is 26.1 Å². The lowest BCUT2D eigenvalue weighted by molar-refractivity contribution is -0.145. The second-order valence-electron chi connectivity index (χ2n) is 5.43. The fourth-order valence-corrected chi connectivity index (χ4v) is 1.51. The zero-order valence-corrected chi connectivity index (χ0v) is 11.5. The van der Waals surface area contributed by atoms with Crippen LogP contribution in [0.5, 0.6) is 0 Å². The van der Waals surface area contributed by atoms with Gasteiger partial charge >= 0.3 is 5.97 Å². The molecule has 0 aliphatic heterocycles. The first kappa shape index (κ1) is 14.7. The Morgan fingerprint density at radius 2 is 1.89 bits per heavy atom. The summed E-state index contributed by atoms with van der Waals surface area (Å²) in [5, 5.41) is 3.34. The summed E-state index contributed by atoms with van der Waals surface area (Å²) >= 11 is 0. The van der Waals surface area contributed by atoms with E-state index in [1.54, 1.807) is 0 Å². The van der Waals surface area contributed by atoms with E-state index in [0.29, 0.717) is 13.0 Å². The van der Waals surface area contributed by atoms with Crippen molar-refractivity contribution >= 4 is 5.97 Å². The molecule has 3 heteroatoms. The third-order valence-corrected chi connectivity index (χ3v) is 2.46. The Morgan fingerprint density at radius 3 is 2.50 bits per heavy atom. The molecule has 1 aromatic rings. The minimum atomic E-state index is -0.130. The SMILES string of the molecule is CC(C)(C)NCCCC(=O)OCc1ccccc1. The first-order valence-electron chi connectivity index (χ1n) is 6.42. The van der Waals surface area contributed by atoms with E-state index < -0.39 is 0 Å². The van der Waals surface area contributed by atoms with Crippen LogP contribution >= 0.6 is 0 Å². The number of ether oxygens (including phenoxy) is 1. The van der Waals surface area contributed by atoms with E-state index in [9.17, 15) is 4.79 Å². The summed E-state index contributed by atoms with van der Waals surface area (Å²) in [5.41, 5.74) is 1.13. The molecule has 1 aromatic carbocycles. The molecular weight excluding hydrogens is 226 g/mol.